The predicted octanol–water partition coefficient (Wildman–Crippen LogP) is 2.81. The van der Waals surface area contributed by atoms with Crippen molar-refractivity contribution in [2.45, 2.75) is 26.3 Å². The molecule has 1 N–H and O–H groups in total. The number of carbonyl (C=O) groups is 1. The van der Waals surface area contributed by atoms with Crippen LogP contribution >= 0.6 is 0 Å². The Morgan fingerprint density at radius 1 is 1.35 bits per heavy atom. The van der Waals surface area contributed by atoms with Gasteiger partial charge in [0, 0.05) is 24.1 Å². The Morgan fingerprint density at radius 3 is 2.78 bits per heavy atom. The summed E-state index contributed by atoms with van der Waals surface area (Å²) in [6, 6.07) is 7.71. The van der Waals surface area contributed by atoms with E-state index in [9.17, 15) is 9.90 Å². The number of ether oxygens (including phenoxy) is 1. The van der Waals surface area contributed by atoms with E-state index in [0.29, 0.717) is 24.8 Å². The quantitative estimate of drug-likeness (QED) is 0.859. The minimum absolute atomic E-state index is 0.260. The Labute approximate surface area is 135 Å². The van der Waals surface area contributed by atoms with E-state index in [4.69, 9.17) is 9.15 Å². The van der Waals surface area contributed by atoms with Gasteiger partial charge in [-0.25, -0.2) is 4.79 Å². The SMILES string of the molecule is CCOC(=O)c1oc2ccccc2c1CN1CCC(CO)CC1. The number of likely N-dealkylation sites (tertiary alicyclic amines) is 1. The van der Waals surface area contributed by atoms with Gasteiger partial charge in [0.2, 0.25) is 5.76 Å². The van der Waals surface area contributed by atoms with Crippen molar-refractivity contribution in [1.82, 2.24) is 4.90 Å². The van der Waals surface area contributed by atoms with Crippen LogP contribution in [0.15, 0.2) is 28.7 Å². The molecule has 1 fully saturated rings. The van der Waals surface area contributed by atoms with Crippen molar-refractivity contribution in [3.63, 3.8) is 0 Å². The number of esters is 1. The van der Waals surface area contributed by atoms with E-state index in [0.717, 1.165) is 42.5 Å². The molecule has 5 heteroatoms. The summed E-state index contributed by atoms with van der Waals surface area (Å²) < 4.78 is 10.9. The molecule has 0 amide bonds. The number of aliphatic hydroxyl groups excluding tert-OH is 1. The number of aliphatic hydroxyl groups is 1. The molecular weight excluding hydrogens is 294 g/mol. The van der Waals surface area contributed by atoms with E-state index in [1.165, 1.54) is 0 Å². The standard InChI is InChI=1S/C18H23NO4/c1-2-22-18(21)17-15(14-5-3-4-6-16(14)23-17)11-19-9-7-13(12-20)8-10-19/h3-6,13,20H,2,7-12H2,1H3. The normalized spacial score (nSPS) is 16.8. The van der Waals surface area contributed by atoms with Gasteiger partial charge in [0.25, 0.3) is 0 Å². The van der Waals surface area contributed by atoms with Gasteiger partial charge in [0.05, 0.1) is 6.61 Å². The van der Waals surface area contributed by atoms with Gasteiger partial charge in [-0.1, -0.05) is 18.2 Å². The van der Waals surface area contributed by atoms with Crippen LogP contribution in [0.25, 0.3) is 11.0 Å². The van der Waals surface area contributed by atoms with Crippen LogP contribution in [-0.4, -0.2) is 42.3 Å². The number of fused-ring (bicyclic) bond motifs is 1. The predicted molar refractivity (Wildman–Crippen MR) is 87.3 cm³/mol. The highest BCUT2D eigenvalue weighted by Crippen LogP contribution is 2.29. The zero-order chi connectivity index (χ0) is 16.2. The summed E-state index contributed by atoms with van der Waals surface area (Å²) in [4.78, 5) is 14.5. The molecule has 23 heavy (non-hydrogen) atoms. The van der Waals surface area contributed by atoms with Gasteiger partial charge in [0.1, 0.15) is 5.58 Å². The smallest absolute Gasteiger partial charge is 0.374 e. The lowest BCUT2D eigenvalue weighted by Crippen LogP contribution is -2.34. The van der Waals surface area contributed by atoms with Crippen LogP contribution in [0, 0.1) is 5.92 Å². The van der Waals surface area contributed by atoms with E-state index < -0.39 is 5.97 Å². The van der Waals surface area contributed by atoms with Gasteiger partial charge in [-0.2, -0.15) is 0 Å². The molecule has 1 aliphatic rings. The molecule has 1 aromatic heterocycles. The maximum Gasteiger partial charge on any atom is 0.374 e. The van der Waals surface area contributed by atoms with Crippen LogP contribution in [-0.2, 0) is 11.3 Å². The van der Waals surface area contributed by atoms with Crippen molar-refractivity contribution >= 4 is 16.9 Å². The van der Waals surface area contributed by atoms with Crippen molar-refractivity contribution in [2.24, 2.45) is 5.92 Å². The third-order valence-corrected chi connectivity index (χ3v) is 4.51. The van der Waals surface area contributed by atoms with Gasteiger partial charge in [-0.15, -0.1) is 0 Å². The lowest BCUT2D eigenvalue weighted by molar-refractivity contribution is 0.0488. The molecule has 0 spiro atoms. The van der Waals surface area contributed by atoms with E-state index in [-0.39, 0.29) is 6.61 Å². The molecule has 5 nitrogen and oxygen atoms in total. The van der Waals surface area contributed by atoms with Crippen LogP contribution in [0.4, 0.5) is 0 Å². The number of furan rings is 1. The van der Waals surface area contributed by atoms with E-state index in [1.54, 1.807) is 6.92 Å². The fraction of sp³-hybridized carbons (Fsp3) is 0.500. The largest absolute Gasteiger partial charge is 0.460 e. The van der Waals surface area contributed by atoms with Crippen LogP contribution in [0.5, 0.6) is 0 Å². The Balaban J connectivity index is 1.86. The van der Waals surface area contributed by atoms with E-state index >= 15 is 0 Å². The Kier molecular flexibility index (Phi) is 4.98. The fourth-order valence-corrected chi connectivity index (χ4v) is 3.17. The van der Waals surface area contributed by atoms with E-state index in [2.05, 4.69) is 4.90 Å². The first-order chi connectivity index (χ1) is 11.2. The molecule has 0 atom stereocenters. The summed E-state index contributed by atoms with van der Waals surface area (Å²) in [7, 11) is 0. The lowest BCUT2D eigenvalue weighted by Gasteiger charge is -2.30. The highest BCUT2D eigenvalue weighted by molar-refractivity contribution is 5.96. The van der Waals surface area contributed by atoms with Gasteiger partial charge in [0.15, 0.2) is 0 Å². The summed E-state index contributed by atoms with van der Waals surface area (Å²) in [5.41, 5.74) is 1.62. The third-order valence-electron chi connectivity index (χ3n) is 4.51. The maximum absolute atomic E-state index is 12.2. The van der Waals surface area contributed by atoms with Crippen LogP contribution in [0.2, 0.25) is 0 Å². The minimum atomic E-state index is -0.399. The number of hydrogen-bond acceptors (Lipinski definition) is 5. The minimum Gasteiger partial charge on any atom is -0.460 e. The summed E-state index contributed by atoms with van der Waals surface area (Å²) in [5.74, 6) is 0.318. The van der Waals surface area contributed by atoms with Crippen molar-refractivity contribution < 1.29 is 19.1 Å². The second-order valence-corrected chi connectivity index (χ2v) is 6.03. The van der Waals surface area contributed by atoms with Gasteiger partial charge >= 0.3 is 5.97 Å². The second-order valence-electron chi connectivity index (χ2n) is 6.03. The second kappa shape index (κ2) is 7.15. The highest BCUT2D eigenvalue weighted by Gasteiger charge is 2.25. The van der Waals surface area contributed by atoms with Crippen molar-refractivity contribution in [2.75, 3.05) is 26.3 Å². The number of hydrogen-bond donors (Lipinski definition) is 1. The molecule has 0 bridgehead atoms. The number of benzene rings is 1. The molecule has 2 heterocycles. The fourth-order valence-electron chi connectivity index (χ4n) is 3.17. The molecule has 1 saturated heterocycles. The molecule has 0 unspecified atom stereocenters. The summed E-state index contributed by atoms with van der Waals surface area (Å²) in [6.45, 7) is 4.90. The first kappa shape index (κ1) is 16.0. The summed E-state index contributed by atoms with van der Waals surface area (Å²) in [5, 5.41) is 10.2. The molecule has 2 aromatic rings. The van der Waals surface area contributed by atoms with Crippen LogP contribution in [0.3, 0.4) is 0 Å². The molecule has 1 aromatic carbocycles. The Bertz CT molecular complexity index is 671. The maximum atomic E-state index is 12.2. The molecule has 0 aliphatic carbocycles. The summed E-state index contributed by atoms with van der Waals surface area (Å²) in [6.07, 6.45) is 1.97. The average Bonchev–Trinajstić information content (AvgIpc) is 2.95. The topological polar surface area (TPSA) is 62.9 Å². The number of rotatable bonds is 5. The van der Waals surface area contributed by atoms with Crippen LogP contribution in [0.1, 0.15) is 35.9 Å². The van der Waals surface area contributed by atoms with Gasteiger partial charge in [-0.3, -0.25) is 4.90 Å². The van der Waals surface area contributed by atoms with Gasteiger partial charge in [-0.05, 0) is 44.8 Å². The summed E-state index contributed by atoms with van der Waals surface area (Å²) >= 11 is 0. The highest BCUT2D eigenvalue weighted by atomic mass is 16.5. The van der Waals surface area contributed by atoms with Crippen molar-refractivity contribution in [3.05, 3.63) is 35.6 Å². The molecule has 3 rings (SSSR count). The number of piperidine rings is 1. The lowest BCUT2D eigenvalue weighted by atomic mass is 9.97. The van der Waals surface area contributed by atoms with Crippen molar-refractivity contribution in [3.8, 4) is 0 Å². The molecule has 0 saturated carbocycles. The number of para-hydroxylation sites is 1. The molecular formula is C18H23NO4. The molecule has 0 radical (unpaired) electrons. The van der Waals surface area contributed by atoms with Crippen molar-refractivity contribution in [1.29, 1.82) is 0 Å². The Morgan fingerprint density at radius 2 is 2.09 bits per heavy atom. The molecule has 124 valence electrons. The Hall–Kier alpha value is -1.85. The first-order valence-electron chi connectivity index (χ1n) is 8.23. The number of carbonyl (C=O) groups excluding carboxylic acids is 1. The van der Waals surface area contributed by atoms with E-state index in [1.807, 2.05) is 24.3 Å². The zero-order valence-electron chi connectivity index (χ0n) is 13.5. The first-order valence-corrected chi connectivity index (χ1v) is 8.23. The van der Waals surface area contributed by atoms with Crippen LogP contribution < -0.4 is 0 Å². The number of nitrogens with zero attached hydrogens (tertiary/aromatic N) is 1. The molecule has 1 aliphatic heterocycles. The monoisotopic (exact) mass is 317 g/mol. The van der Waals surface area contributed by atoms with Gasteiger partial charge < -0.3 is 14.3 Å². The zero-order valence-corrected chi connectivity index (χ0v) is 13.5. The third kappa shape index (κ3) is 3.41. The average molecular weight is 317 g/mol.